The normalized spacial score (nSPS) is 14.3. The van der Waals surface area contributed by atoms with Crippen molar-refractivity contribution in [3.8, 4) is 0 Å². The van der Waals surface area contributed by atoms with Gasteiger partial charge in [-0.25, -0.2) is 9.13 Å². The van der Waals surface area contributed by atoms with Gasteiger partial charge in [-0.15, -0.1) is 0 Å². The van der Waals surface area contributed by atoms with E-state index in [2.05, 4.69) is 191 Å². The molecule has 5 unspecified atom stereocenters. The SMILES string of the molecule is CC/C=C\C/C=C\C/C=C\C/C=C\C/C=C\C/C=C\CCCCCCCCCCCCCCCCC(=O)OCC(O)COP(=O)(O)OCC(O)COP(=O)(O)OCC(COC(=O)CCCCCCCCCCCCCCCCCCC/C=C\C/C=C\C/C=C\C/C=C\CCCCC)OC(=O)CCCCCCCCCCCCC/C=C\C/C=C\C/C=C\C/C=C\CCCCC. The average molecular weight is 1840 g/mol. The van der Waals surface area contributed by atoms with E-state index in [-0.39, 0.29) is 19.3 Å². The van der Waals surface area contributed by atoms with Crippen molar-refractivity contribution in [1.29, 1.82) is 0 Å². The minimum Gasteiger partial charge on any atom is -0.463 e. The average Bonchev–Trinajstić information content (AvgIpc) is 0.894. The minimum absolute atomic E-state index is 0.0992. The van der Waals surface area contributed by atoms with Crippen molar-refractivity contribution in [2.24, 2.45) is 0 Å². The summed E-state index contributed by atoms with van der Waals surface area (Å²) in [6.45, 7) is 2.59. The summed E-state index contributed by atoms with van der Waals surface area (Å²) < 4.78 is 61.7. The molecule has 0 radical (unpaired) electrons. The molecule has 5 atom stereocenters. The summed E-state index contributed by atoms with van der Waals surface area (Å²) in [5, 5.41) is 20.8. The molecule has 16 nitrogen and oxygen atoms in total. The highest BCUT2D eigenvalue weighted by molar-refractivity contribution is 7.47. The Morgan fingerprint density at radius 2 is 0.411 bits per heavy atom. The summed E-state index contributed by atoms with van der Waals surface area (Å²) in [6.07, 6.45) is 134. The molecule has 742 valence electrons. The first kappa shape index (κ1) is 124. The lowest BCUT2D eigenvalue weighted by Gasteiger charge is -2.21. The number of phosphoric ester groups is 2. The van der Waals surface area contributed by atoms with E-state index < -0.39 is 91.5 Å². The number of phosphoric acid groups is 2. The molecular formula is C111H192O16P2. The summed E-state index contributed by atoms with van der Waals surface area (Å²) in [5.74, 6) is -1.56. The van der Waals surface area contributed by atoms with Crippen LogP contribution in [0.5, 0.6) is 0 Å². The maximum Gasteiger partial charge on any atom is 0.472 e. The Morgan fingerprint density at radius 1 is 0.225 bits per heavy atom. The molecule has 0 rings (SSSR count). The van der Waals surface area contributed by atoms with Crippen molar-refractivity contribution < 1.29 is 75.8 Å². The first-order chi connectivity index (χ1) is 63.2. The molecule has 0 spiro atoms. The number of allylic oxidation sites excluding steroid dienone is 28. The quantitative estimate of drug-likeness (QED) is 0.0146. The summed E-state index contributed by atoms with van der Waals surface area (Å²) in [4.78, 5) is 59.3. The second-order valence-corrected chi connectivity index (χ2v) is 37.9. The second-order valence-electron chi connectivity index (χ2n) is 35.0. The molecule has 0 bridgehead atoms. The maximum atomic E-state index is 13.1. The number of rotatable bonds is 99. The highest BCUT2D eigenvalue weighted by Crippen LogP contribution is 2.45. The molecule has 0 fully saturated rings. The predicted octanol–water partition coefficient (Wildman–Crippen LogP) is 33.3. The number of unbranched alkanes of at least 4 members (excludes halogenated alkanes) is 48. The fourth-order valence-electron chi connectivity index (χ4n) is 14.5. The van der Waals surface area contributed by atoms with Crippen LogP contribution >= 0.6 is 15.6 Å². The van der Waals surface area contributed by atoms with Crippen molar-refractivity contribution >= 4 is 33.6 Å². The Labute approximate surface area is 790 Å². The van der Waals surface area contributed by atoms with Crippen LogP contribution in [0.4, 0.5) is 0 Å². The van der Waals surface area contributed by atoms with E-state index in [1.54, 1.807) is 0 Å². The number of carbonyl (C=O) groups excluding carboxylic acids is 3. The van der Waals surface area contributed by atoms with Gasteiger partial charge in [0.25, 0.3) is 0 Å². The van der Waals surface area contributed by atoms with E-state index in [9.17, 15) is 43.5 Å². The lowest BCUT2D eigenvalue weighted by Crippen LogP contribution is -2.30. The zero-order chi connectivity index (χ0) is 93.5. The highest BCUT2D eigenvalue weighted by atomic mass is 31.2. The fraction of sp³-hybridized carbons (Fsp3) is 0.721. The lowest BCUT2D eigenvalue weighted by atomic mass is 10.0. The van der Waals surface area contributed by atoms with Crippen LogP contribution in [0.3, 0.4) is 0 Å². The largest absolute Gasteiger partial charge is 0.472 e. The van der Waals surface area contributed by atoms with Gasteiger partial charge in [0, 0.05) is 19.3 Å². The summed E-state index contributed by atoms with van der Waals surface area (Å²) >= 11 is 0. The Morgan fingerprint density at radius 3 is 0.651 bits per heavy atom. The Hall–Kier alpha value is -5.09. The molecular weight excluding hydrogens is 1650 g/mol. The number of aliphatic hydroxyl groups excluding tert-OH is 2. The third kappa shape index (κ3) is 103. The molecule has 0 aromatic rings. The number of carbonyl (C=O) groups is 3. The minimum atomic E-state index is -4.95. The number of ether oxygens (including phenoxy) is 3. The third-order valence-electron chi connectivity index (χ3n) is 22.4. The standard InChI is InChI=1S/C111H192O16P2/c1-4-7-10-13-16-19-22-25-28-31-34-37-40-43-46-48-50-52-54-56-59-61-64-67-70-73-76-79-82-85-88-91-94-97-109(114)121-100-106(112)101-123-128(117,118)124-102-107(113)103-125-129(119,120)126-105-108(127-111(116)99-96-93-90-87-84-81-78-75-72-69-66-63-58-45-42-39-36-33-30-27-24-21-18-15-12-9-6-3)104-122-110(115)98-95-92-89-86-83-80-77-74-71-68-65-62-60-57-55-53-51-49-47-44-41-38-35-32-29-26-23-20-17-14-11-8-5-2/h7,10,16-21,25-30,34-39,43-47,50,52,58,106-108,112-113H,4-6,8-9,11-15,22-24,31-33,40-42,48-49,51,53-57,59-105H2,1-3H3,(H,117,118)(H,119,120)/b10-7-,19-16-,20-17-,21-18-,28-25-,29-26-,30-27-,37-34-,38-35-,39-36-,46-43-,47-44-,52-50-,58-45-. The van der Waals surface area contributed by atoms with Crippen LogP contribution in [-0.2, 0) is 55.8 Å². The Kier molecular flexibility index (Phi) is 97.8. The van der Waals surface area contributed by atoms with Crippen LogP contribution in [-0.4, -0.2) is 95.9 Å². The Bertz CT molecular complexity index is 3030. The molecule has 0 saturated heterocycles. The van der Waals surface area contributed by atoms with Gasteiger partial charge >= 0.3 is 33.6 Å². The van der Waals surface area contributed by atoms with Gasteiger partial charge in [-0.05, 0) is 161 Å². The maximum absolute atomic E-state index is 13.1. The summed E-state index contributed by atoms with van der Waals surface area (Å²) in [6, 6.07) is 0. The van der Waals surface area contributed by atoms with E-state index in [1.807, 2.05) is 0 Å². The zero-order valence-electron chi connectivity index (χ0n) is 82.3. The monoisotopic (exact) mass is 1840 g/mol. The van der Waals surface area contributed by atoms with Crippen LogP contribution in [0.1, 0.15) is 457 Å². The van der Waals surface area contributed by atoms with E-state index in [0.29, 0.717) is 19.3 Å². The van der Waals surface area contributed by atoms with Gasteiger partial charge in [-0.1, -0.05) is 448 Å². The molecule has 0 aliphatic heterocycles. The highest BCUT2D eigenvalue weighted by Gasteiger charge is 2.30. The van der Waals surface area contributed by atoms with Gasteiger partial charge < -0.3 is 34.2 Å². The third-order valence-corrected chi connectivity index (χ3v) is 24.3. The molecule has 18 heteroatoms. The van der Waals surface area contributed by atoms with Crippen molar-refractivity contribution in [3.05, 3.63) is 170 Å². The van der Waals surface area contributed by atoms with Gasteiger partial charge in [-0.3, -0.25) is 32.5 Å². The van der Waals surface area contributed by atoms with Crippen molar-refractivity contribution in [2.45, 2.75) is 476 Å². The zero-order valence-corrected chi connectivity index (χ0v) is 84.1. The summed E-state index contributed by atoms with van der Waals surface area (Å²) in [7, 11) is -9.82. The van der Waals surface area contributed by atoms with Crippen LogP contribution in [0.25, 0.3) is 0 Å². The smallest absolute Gasteiger partial charge is 0.463 e. The van der Waals surface area contributed by atoms with Gasteiger partial charge in [0.15, 0.2) is 6.10 Å². The van der Waals surface area contributed by atoms with Gasteiger partial charge in [-0.2, -0.15) is 0 Å². The van der Waals surface area contributed by atoms with Gasteiger partial charge in [0.05, 0.1) is 26.4 Å². The molecule has 0 aromatic heterocycles. The fourth-order valence-corrected chi connectivity index (χ4v) is 16.1. The molecule has 0 saturated carbocycles. The number of aliphatic hydroxyl groups is 2. The lowest BCUT2D eigenvalue weighted by molar-refractivity contribution is -0.161. The molecule has 0 amide bonds. The van der Waals surface area contributed by atoms with Crippen LogP contribution < -0.4 is 0 Å². The van der Waals surface area contributed by atoms with Crippen LogP contribution in [0, 0.1) is 0 Å². The van der Waals surface area contributed by atoms with Crippen molar-refractivity contribution in [3.63, 3.8) is 0 Å². The molecule has 0 aromatic carbocycles. The van der Waals surface area contributed by atoms with Crippen LogP contribution in [0.2, 0.25) is 0 Å². The van der Waals surface area contributed by atoms with E-state index >= 15 is 0 Å². The van der Waals surface area contributed by atoms with E-state index in [1.165, 1.54) is 244 Å². The van der Waals surface area contributed by atoms with Crippen molar-refractivity contribution in [2.75, 3.05) is 39.6 Å². The topological polar surface area (TPSA) is 231 Å². The second kappa shape index (κ2) is 102. The summed E-state index contributed by atoms with van der Waals surface area (Å²) in [5.41, 5.74) is 0. The number of hydrogen-bond acceptors (Lipinski definition) is 14. The number of hydrogen-bond donors (Lipinski definition) is 4. The first-order valence-electron chi connectivity index (χ1n) is 52.4. The van der Waals surface area contributed by atoms with Crippen LogP contribution in [0.15, 0.2) is 170 Å². The molecule has 4 N–H and O–H groups in total. The number of esters is 3. The molecule has 129 heavy (non-hydrogen) atoms. The Balaban J connectivity index is 4.60. The van der Waals surface area contributed by atoms with Gasteiger partial charge in [0.1, 0.15) is 25.4 Å². The van der Waals surface area contributed by atoms with E-state index in [0.717, 1.165) is 154 Å². The van der Waals surface area contributed by atoms with Crippen molar-refractivity contribution in [1.82, 2.24) is 0 Å². The molecule has 0 heterocycles. The predicted molar refractivity (Wildman–Crippen MR) is 546 cm³/mol. The van der Waals surface area contributed by atoms with E-state index in [4.69, 9.17) is 32.3 Å². The van der Waals surface area contributed by atoms with Gasteiger partial charge in [0.2, 0.25) is 0 Å². The molecule has 0 aliphatic rings. The molecule has 0 aliphatic carbocycles. The first-order valence-corrected chi connectivity index (χ1v) is 55.4.